The minimum atomic E-state index is -1.07. The topological polar surface area (TPSA) is 71.7 Å². The summed E-state index contributed by atoms with van der Waals surface area (Å²) >= 11 is 0. The quantitative estimate of drug-likeness (QED) is 0.712. The summed E-state index contributed by atoms with van der Waals surface area (Å²) in [6.07, 6.45) is 5.11. The Hall–Kier alpha value is -2.17. The fourth-order valence-electron chi connectivity index (χ4n) is 1.26. The van der Waals surface area contributed by atoms with Gasteiger partial charge in [-0.25, -0.2) is 9.78 Å². The molecule has 5 heteroatoms. The maximum absolute atomic E-state index is 10.7. The number of rotatable bonds is 2. The predicted molar refractivity (Wildman–Crippen MR) is 47.5 cm³/mol. The van der Waals surface area contributed by atoms with Crippen molar-refractivity contribution in [1.29, 1.82) is 0 Å². The van der Waals surface area contributed by atoms with Gasteiger partial charge in [0.25, 0.3) is 0 Å². The van der Waals surface area contributed by atoms with E-state index in [1.54, 1.807) is 6.20 Å². The van der Waals surface area contributed by atoms with E-state index in [1.807, 2.05) is 0 Å². The normalized spacial score (nSPS) is 10.3. The number of carboxylic acids is 1. The molecule has 2 aromatic heterocycles. The van der Waals surface area contributed by atoms with Gasteiger partial charge in [0.1, 0.15) is 5.65 Å². The Balaban J connectivity index is 2.79. The number of hydrogen-bond donors (Lipinski definition) is 1. The molecule has 14 heavy (non-hydrogen) atoms. The molecule has 0 radical (unpaired) electrons. The van der Waals surface area contributed by atoms with Gasteiger partial charge >= 0.3 is 5.97 Å². The highest BCUT2D eigenvalue weighted by Crippen LogP contribution is 2.10. The molecule has 0 spiro atoms. The number of carbonyl (C=O) groups is 2. The summed E-state index contributed by atoms with van der Waals surface area (Å²) in [5.41, 5.74) is 0.803. The molecule has 0 saturated carbocycles. The molecule has 2 heterocycles. The van der Waals surface area contributed by atoms with Gasteiger partial charge in [-0.05, 0) is 6.07 Å². The van der Waals surface area contributed by atoms with Gasteiger partial charge in [-0.3, -0.25) is 4.79 Å². The largest absolute Gasteiger partial charge is 0.478 e. The van der Waals surface area contributed by atoms with Crippen LogP contribution in [0.4, 0.5) is 0 Å². The van der Waals surface area contributed by atoms with Crippen molar-refractivity contribution in [3.8, 4) is 0 Å². The van der Waals surface area contributed by atoms with Crippen molar-refractivity contribution in [3.05, 3.63) is 35.8 Å². The number of pyridine rings is 1. The van der Waals surface area contributed by atoms with Gasteiger partial charge in [0.05, 0.1) is 11.1 Å². The third kappa shape index (κ3) is 1.15. The Morgan fingerprint density at radius 3 is 3.00 bits per heavy atom. The molecule has 0 saturated heterocycles. The summed E-state index contributed by atoms with van der Waals surface area (Å²) in [5, 5.41) is 8.75. The van der Waals surface area contributed by atoms with E-state index in [4.69, 9.17) is 5.11 Å². The second-order valence-corrected chi connectivity index (χ2v) is 2.77. The first-order valence-corrected chi connectivity index (χ1v) is 3.87. The number of carboxylic acid groups (broad SMARTS) is 1. The first-order valence-electron chi connectivity index (χ1n) is 3.87. The highest BCUT2D eigenvalue weighted by Gasteiger charge is 2.08. The summed E-state index contributed by atoms with van der Waals surface area (Å²) in [5.74, 6) is -1.07. The molecule has 2 rings (SSSR count). The average Bonchev–Trinajstić information content (AvgIpc) is 2.63. The van der Waals surface area contributed by atoms with Crippen LogP contribution in [0.2, 0.25) is 0 Å². The smallest absolute Gasteiger partial charge is 0.337 e. The maximum Gasteiger partial charge on any atom is 0.337 e. The number of fused-ring (bicyclic) bond motifs is 1. The third-order valence-corrected chi connectivity index (χ3v) is 1.89. The number of aldehydes is 1. The number of carbonyl (C=O) groups excluding carboxylic acids is 1. The zero-order valence-electron chi connectivity index (χ0n) is 7.04. The fraction of sp³-hybridized carbons (Fsp3) is 0. The van der Waals surface area contributed by atoms with Crippen LogP contribution in [0.15, 0.2) is 24.7 Å². The van der Waals surface area contributed by atoms with Gasteiger partial charge in [-0.15, -0.1) is 0 Å². The summed E-state index contributed by atoms with van der Waals surface area (Å²) in [4.78, 5) is 25.3. The standard InChI is InChI=1S/C9H6N2O3/c12-5-7-3-6(9(13)14)4-11-2-1-10-8(7)11/h1-5H,(H,13,14). The van der Waals surface area contributed by atoms with Crippen LogP contribution in [0.5, 0.6) is 0 Å². The molecule has 5 nitrogen and oxygen atoms in total. The molecule has 0 aromatic carbocycles. The fourth-order valence-corrected chi connectivity index (χ4v) is 1.26. The van der Waals surface area contributed by atoms with Crippen molar-refractivity contribution in [3.63, 3.8) is 0 Å². The number of imidazole rings is 1. The summed E-state index contributed by atoms with van der Waals surface area (Å²) in [6, 6.07) is 1.30. The van der Waals surface area contributed by atoms with Gasteiger partial charge in [0.2, 0.25) is 0 Å². The van der Waals surface area contributed by atoms with E-state index in [9.17, 15) is 9.59 Å². The second kappa shape index (κ2) is 2.95. The molecule has 0 bridgehead atoms. The van der Waals surface area contributed by atoms with E-state index in [-0.39, 0.29) is 11.1 Å². The number of aromatic carboxylic acids is 1. The van der Waals surface area contributed by atoms with Crippen molar-refractivity contribution >= 4 is 17.9 Å². The highest BCUT2D eigenvalue weighted by molar-refractivity contribution is 5.92. The van der Waals surface area contributed by atoms with Crippen LogP contribution in [0.25, 0.3) is 5.65 Å². The molecule has 2 aromatic rings. The van der Waals surface area contributed by atoms with Gasteiger partial charge < -0.3 is 9.51 Å². The second-order valence-electron chi connectivity index (χ2n) is 2.77. The molecule has 0 aliphatic rings. The van der Waals surface area contributed by atoms with Crippen molar-refractivity contribution in [2.45, 2.75) is 0 Å². The Morgan fingerprint density at radius 1 is 1.57 bits per heavy atom. The van der Waals surface area contributed by atoms with E-state index in [1.165, 1.54) is 22.9 Å². The van der Waals surface area contributed by atoms with Crippen LogP contribution in [0, 0.1) is 0 Å². The Morgan fingerprint density at radius 2 is 2.36 bits per heavy atom. The van der Waals surface area contributed by atoms with E-state index in [2.05, 4.69) is 4.98 Å². The van der Waals surface area contributed by atoms with E-state index >= 15 is 0 Å². The maximum atomic E-state index is 10.7. The predicted octanol–water partition coefficient (Wildman–Crippen LogP) is 0.845. The van der Waals surface area contributed by atoms with Crippen LogP contribution in [0.3, 0.4) is 0 Å². The summed E-state index contributed by atoms with van der Waals surface area (Å²) < 4.78 is 1.51. The van der Waals surface area contributed by atoms with Crippen molar-refractivity contribution in [2.75, 3.05) is 0 Å². The lowest BCUT2D eigenvalue weighted by atomic mass is 10.2. The van der Waals surface area contributed by atoms with Crippen LogP contribution in [-0.4, -0.2) is 26.7 Å². The molecular weight excluding hydrogens is 184 g/mol. The molecule has 1 N–H and O–H groups in total. The van der Waals surface area contributed by atoms with Gasteiger partial charge in [-0.1, -0.05) is 0 Å². The molecule has 0 unspecified atom stereocenters. The molecule has 0 atom stereocenters. The molecule has 0 aliphatic carbocycles. The highest BCUT2D eigenvalue weighted by atomic mass is 16.4. The SMILES string of the molecule is O=Cc1cc(C(=O)O)cn2ccnc12. The minimum Gasteiger partial charge on any atom is -0.478 e. The minimum absolute atomic E-state index is 0.0672. The number of hydrogen-bond acceptors (Lipinski definition) is 3. The van der Waals surface area contributed by atoms with Crippen molar-refractivity contribution in [1.82, 2.24) is 9.38 Å². The zero-order valence-corrected chi connectivity index (χ0v) is 7.04. The monoisotopic (exact) mass is 190 g/mol. The molecule has 0 aliphatic heterocycles. The van der Waals surface area contributed by atoms with E-state index in [0.717, 1.165) is 0 Å². The van der Waals surface area contributed by atoms with Gasteiger partial charge in [0, 0.05) is 18.6 Å². The molecule has 0 fully saturated rings. The molecule has 0 amide bonds. The average molecular weight is 190 g/mol. The van der Waals surface area contributed by atoms with E-state index in [0.29, 0.717) is 11.9 Å². The van der Waals surface area contributed by atoms with Crippen molar-refractivity contribution < 1.29 is 14.7 Å². The first kappa shape index (κ1) is 8.43. The van der Waals surface area contributed by atoms with Gasteiger partial charge in [0.15, 0.2) is 6.29 Å². The zero-order chi connectivity index (χ0) is 10.1. The van der Waals surface area contributed by atoms with Crippen molar-refractivity contribution in [2.24, 2.45) is 0 Å². The number of nitrogens with zero attached hydrogens (tertiary/aromatic N) is 2. The first-order chi connectivity index (χ1) is 6.72. The molecule has 70 valence electrons. The lowest BCUT2D eigenvalue weighted by molar-refractivity contribution is 0.0696. The lowest BCUT2D eigenvalue weighted by Crippen LogP contribution is -2.01. The summed E-state index contributed by atoms with van der Waals surface area (Å²) in [7, 11) is 0. The molecular formula is C9H6N2O3. The van der Waals surface area contributed by atoms with Crippen LogP contribution in [-0.2, 0) is 0 Å². The third-order valence-electron chi connectivity index (χ3n) is 1.89. The Bertz CT molecular complexity index is 516. The van der Waals surface area contributed by atoms with Crippen LogP contribution in [0.1, 0.15) is 20.7 Å². The van der Waals surface area contributed by atoms with Crippen LogP contribution < -0.4 is 0 Å². The Labute approximate surface area is 78.6 Å². The van der Waals surface area contributed by atoms with Gasteiger partial charge in [-0.2, -0.15) is 0 Å². The number of aromatic nitrogens is 2. The lowest BCUT2D eigenvalue weighted by Gasteiger charge is -1.99. The van der Waals surface area contributed by atoms with E-state index < -0.39 is 5.97 Å². The van der Waals surface area contributed by atoms with Crippen LogP contribution >= 0.6 is 0 Å². The summed E-state index contributed by atoms with van der Waals surface area (Å²) in [6.45, 7) is 0. The Kier molecular flexibility index (Phi) is 1.78.